The van der Waals surface area contributed by atoms with E-state index in [2.05, 4.69) is 25.9 Å². The van der Waals surface area contributed by atoms with Gasteiger partial charge in [-0.25, -0.2) is 9.97 Å². The maximum absolute atomic E-state index is 12.4. The highest BCUT2D eigenvalue weighted by molar-refractivity contribution is 9.10. The van der Waals surface area contributed by atoms with Crippen LogP contribution in [0.2, 0.25) is 5.15 Å². The molecule has 0 saturated carbocycles. The van der Waals surface area contributed by atoms with Gasteiger partial charge in [0.15, 0.2) is 10.5 Å². The van der Waals surface area contributed by atoms with Gasteiger partial charge in [-0.2, -0.15) is 0 Å². The van der Waals surface area contributed by atoms with Crippen LogP contribution in [0.1, 0.15) is 15.9 Å². The topological polar surface area (TPSA) is 42.9 Å². The van der Waals surface area contributed by atoms with Crippen LogP contribution in [0.5, 0.6) is 0 Å². The summed E-state index contributed by atoms with van der Waals surface area (Å²) in [4.78, 5) is 20.5. The van der Waals surface area contributed by atoms with Gasteiger partial charge in [0.2, 0.25) is 0 Å². The molecular formula is C12H8BrClN2OS. The molecule has 0 atom stereocenters. The molecule has 0 radical (unpaired) electrons. The number of nitrogens with zero attached hydrogens (tertiary/aromatic N) is 2. The van der Waals surface area contributed by atoms with Crippen LogP contribution in [-0.4, -0.2) is 22.0 Å². The molecule has 92 valence electrons. The summed E-state index contributed by atoms with van der Waals surface area (Å²) in [6.07, 6.45) is 1.84. The molecule has 1 aromatic carbocycles. The third-order valence-corrected chi connectivity index (χ3v) is 3.57. The molecule has 0 fully saturated rings. The van der Waals surface area contributed by atoms with Gasteiger partial charge in [0.25, 0.3) is 0 Å². The zero-order valence-corrected chi connectivity index (χ0v) is 12.5. The number of hydrogen-bond acceptors (Lipinski definition) is 4. The Hall–Kier alpha value is -0.910. The van der Waals surface area contributed by atoms with Gasteiger partial charge in [0, 0.05) is 5.56 Å². The van der Waals surface area contributed by atoms with Crippen LogP contribution in [0.3, 0.4) is 0 Å². The molecule has 0 bridgehead atoms. The van der Waals surface area contributed by atoms with Gasteiger partial charge in [0.05, 0.1) is 5.56 Å². The van der Waals surface area contributed by atoms with Crippen molar-refractivity contribution in [1.29, 1.82) is 0 Å². The quantitative estimate of drug-likeness (QED) is 0.367. The Morgan fingerprint density at radius 1 is 1.28 bits per heavy atom. The van der Waals surface area contributed by atoms with Gasteiger partial charge < -0.3 is 0 Å². The van der Waals surface area contributed by atoms with Gasteiger partial charge in [0.1, 0.15) is 10.2 Å². The normalized spacial score (nSPS) is 10.4. The Bertz CT molecular complexity index is 592. The molecule has 0 aliphatic heterocycles. The second kappa shape index (κ2) is 5.82. The Morgan fingerprint density at radius 2 is 1.94 bits per heavy atom. The molecule has 2 rings (SSSR count). The van der Waals surface area contributed by atoms with Crippen molar-refractivity contribution in [2.24, 2.45) is 0 Å². The molecule has 0 spiro atoms. The van der Waals surface area contributed by atoms with Gasteiger partial charge in [-0.15, -0.1) is 11.8 Å². The molecule has 0 N–H and O–H groups in total. The number of halogens is 2. The summed E-state index contributed by atoms with van der Waals surface area (Å²) in [5, 5.41) is 0.728. The first-order chi connectivity index (χ1) is 8.63. The standard InChI is InChI=1S/C12H8BrClN2OS/c1-18-11-8(10(14)15-12(13)16-11)9(17)7-5-3-2-4-6-7/h2-6H,1H3. The van der Waals surface area contributed by atoms with Crippen molar-refractivity contribution < 1.29 is 4.79 Å². The molecule has 0 unspecified atom stereocenters. The fourth-order valence-electron chi connectivity index (χ4n) is 1.46. The molecule has 2 aromatic rings. The molecule has 18 heavy (non-hydrogen) atoms. The highest BCUT2D eigenvalue weighted by Crippen LogP contribution is 2.27. The van der Waals surface area contributed by atoms with E-state index in [1.165, 1.54) is 11.8 Å². The van der Waals surface area contributed by atoms with Crippen LogP contribution >= 0.6 is 39.3 Å². The van der Waals surface area contributed by atoms with Crippen LogP contribution in [0, 0.1) is 0 Å². The van der Waals surface area contributed by atoms with Crippen LogP contribution in [0.4, 0.5) is 0 Å². The van der Waals surface area contributed by atoms with E-state index in [4.69, 9.17) is 11.6 Å². The van der Waals surface area contributed by atoms with Crippen LogP contribution in [-0.2, 0) is 0 Å². The van der Waals surface area contributed by atoms with E-state index in [0.717, 1.165) is 0 Å². The fraction of sp³-hybridized carbons (Fsp3) is 0.0833. The Kier molecular flexibility index (Phi) is 4.37. The summed E-state index contributed by atoms with van der Waals surface area (Å²) in [6.45, 7) is 0. The average molecular weight is 344 g/mol. The Labute approximate surface area is 122 Å². The van der Waals surface area contributed by atoms with Crippen molar-refractivity contribution in [2.75, 3.05) is 6.26 Å². The van der Waals surface area contributed by atoms with E-state index >= 15 is 0 Å². The number of thioether (sulfide) groups is 1. The SMILES string of the molecule is CSc1nc(Br)nc(Cl)c1C(=O)c1ccccc1. The smallest absolute Gasteiger partial charge is 0.199 e. The van der Waals surface area contributed by atoms with E-state index in [1.807, 2.05) is 12.3 Å². The number of hydrogen-bond donors (Lipinski definition) is 0. The van der Waals surface area contributed by atoms with E-state index < -0.39 is 0 Å². The zero-order valence-electron chi connectivity index (χ0n) is 9.35. The minimum Gasteiger partial charge on any atom is -0.288 e. The molecule has 1 heterocycles. The predicted octanol–water partition coefficient (Wildman–Crippen LogP) is 3.85. The lowest BCUT2D eigenvalue weighted by Crippen LogP contribution is -2.07. The highest BCUT2D eigenvalue weighted by Gasteiger charge is 2.20. The van der Waals surface area contributed by atoms with E-state index in [9.17, 15) is 4.79 Å². The third-order valence-electron chi connectivity index (χ3n) is 2.26. The van der Waals surface area contributed by atoms with Crippen molar-refractivity contribution in [2.45, 2.75) is 5.03 Å². The minimum atomic E-state index is -0.169. The second-order valence-electron chi connectivity index (χ2n) is 3.36. The number of ketones is 1. The number of rotatable bonds is 3. The predicted molar refractivity (Wildman–Crippen MR) is 76.4 cm³/mol. The lowest BCUT2D eigenvalue weighted by Gasteiger charge is -2.07. The summed E-state index contributed by atoms with van der Waals surface area (Å²) in [7, 11) is 0. The summed E-state index contributed by atoms with van der Waals surface area (Å²) < 4.78 is 0.376. The largest absolute Gasteiger partial charge is 0.288 e. The monoisotopic (exact) mass is 342 g/mol. The molecule has 0 aliphatic rings. The van der Waals surface area contributed by atoms with E-state index in [1.54, 1.807) is 24.3 Å². The van der Waals surface area contributed by atoms with Crippen LogP contribution in [0.25, 0.3) is 0 Å². The minimum absolute atomic E-state index is 0.162. The fourth-order valence-corrected chi connectivity index (χ4v) is 2.92. The number of carbonyl (C=O) groups is 1. The number of aromatic nitrogens is 2. The molecule has 1 aromatic heterocycles. The summed E-state index contributed by atoms with van der Waals surface area (Å²) in [6, 6.07) is 8.95. The first-order valence-electron chi connectivity index (χ1n) is 5.00. The Morgan fingerprint density at radius 3 is 2.56 bits per heavy atom. The maximum Gasteiger partial charge on any atom is 0.199 e. The van der Waals surface area contributed by atoms with E-state index in [-0.39, 0.29) is 10.9 Å². The first-order valence-corrected chi connectivity index (χ1v) is 7.40. The summed E-state index contributed by atoms with van der Waals surface area (Å²) in [5.41, 5.74) is 0.916. The van der Waals surface area contributed by atoms with Gasteiger partial charge in [-0.05, 0) is 22.2 Å². The van der Waals surface area contributed by atoms with Gasteiger partial charge in [-0.3, -0.25) is 4.79 Å². The van der Waals surface area contributed by atoms with Crippen molar-refractivity contribution >= 4 is 45.1 Å². The van der Waals surface area contributed by atoms with Gasteiger partial charge in [-0.1, -0.05) is 41.9 Å². The second-order valence-corrected chi connectivity index (χ2v) is 5.23. The van der Waals surface area contributed by atoms with Crippen molar-refractivity contribution in [3.63, 3.8) is 0 Å². The molecule has 0 saturated heterocycles. The number of carbonyl (C=O) groups excluding carboxylic acids is 1. The number of benzene rings is 1. The molecule has 0 amide bonds. The molecule has 6 heteroatoms. The van der Waals surface area contributed by atoms with Gasteiger partial charge >= 0.3 is 0 Å². The van der Waals surface area contributed by atoms with Crippen molar-refractivity contribution in [3.05, 3.63) is 51.3 Å². The summed E-state index contributed by atoms with van der Waals surface area (Å²) in [5.74, 6) is -0.169. The molecule has 3 nitrogen and oxygen atoms in total. The van der Waals surface area contributed by atoms with Crippen molar-refractivity contribution in [3.8, 4) is 0 Å². The average Bonchev–Trinajstić information content (AvgIpc) is 2.38. The lowest BCUT2D eigenvalue weighted by atomic mass is 10.1. The van der Waals surface area contributed by atoms with Crippen molar-refractivity contribution in [1.82, 2.24) is 9.97 Å². The Balaban J connectivity index is 2.55. The molecular weight excluding hydrogens is 336 g/mol. The lowest BCUT2D eigenvalue weighted by molar-refractivity contribution is 0.103. The summed E-state index contributed by atoms with van der Waals surface area (Å²) >= 11 is 10.6. The first kappa shape index (κ1) is 13.5. The van der Waals surface area contributed by atoms with Crippen LogP contribution < -0.4 is 0 Å². The van der Waals surface area contributed by atoms with E-state index in [0.29, 0.717) is 20.9 Å². The maximum atomic E-state index is 12.4. The zero-order chi connectivity index (χ0) is 13.1. The molecule has 0 aliphatic carbocycles. The highest BCUT2D eigenvalue weighted by atomic mass is 79.9. The third kappa shape index (κ3) is 2.74. The van der Waals surface area contributed by atoms with Crippen LogP contribution in [0.15, 0.2) is 40.1 Å².